The molecule has 1 unspecified atom stereocenters. The molecule has 0 N–H and O–H groups in total. The molecule has 0 radical (unpaired) electrons. The molecule has 7 nitrogen and oxygen atoms in total. The van der Waals surface area contributed by atoms with Crippen molar-refractivity contribution >= 4 is 23.2 Å². The van der Waals surface area contributed by atoms with Gasteiger partial charge in [0.15, 0.2) is 0 Å². The maximum Gasteiger partial charge on any atom is 0.254 e. The van der Waals surface area contributed by atoms with Crippen molar-refractivity contribution in [3.63, 3.8) is 0 Å². The molecular formula is C23H29N3O4S. The molecular weight excluding hydrogens is 414 g/mol. The van der Waals surface area contributed by atoms with E-state index in [1.54, 1.807) is 24.5 Å². The molecule has 0 aliphatic carbocycles. The zero-order valence-electron chi connectivity index (χ0n) is 17.9. The number of thiophene rings is 1. The first kappa shape index (κ1) is 21.8. The number of hydrogen-bond donors (Lipinski definition) is 0. The van der Waals surface area contributed by atoms with Crippen LogP contribution in [0.15, 0.2) is 41.8 Å². The standard InChI is InChI=1S/C23H29N3O4S/c1-29-19-5-2-4-18(14-19)23(28)25-9-7-24(8-10-25)16-20-17-26(11-12-30-20)22(27)15-21-6-3-13-31-21/h2-6,13-14,20H,7-12,15-17H2,1H3. The van der Waals surface area contributed by atoms with Gasteiger partial charge in [-0.15, -0.1) is 11.3 Å². The monoisotopic (exact) mass is 443 g/mol. The first-order valence-corrected chi connectivity index (χ1v) is 11.6. The summed E-state index contributed by atoms with van der Waals surface area (Å²) in [6, 6.07) is 11.3. The molecule has 0 saturated carbocycles. The molecule has 8 heteroatoms. The molecule has 0 spiro atoms. The number of carbonyl (C=O) groups is 2. The number of rotatable bonds is 6. The first-order valence-electron chi connectivity index (χ1n) is 10.7. The fourth-order valence-electron chi connectivity index (χ4n) is 4.09. The summed E-state index contributed by atoms with van der Waals surface area (Å²) in [5.41, 5.74) is 0.656. The maximum absolute atomic E-state index is 12.8. The Kier molecular flexibility index (Phi) is 7.21. The van der Waals surface area contributed by atoms with E-state index in [2.05, 4.69) is 4.90 Å². The van der Waals surface area contributed by atoms with E-state index in [0.717, 1.165) is 24.5 Å². The fourth-order valence-corrected chi connectivity index (χ4v) is 4.79. The average Bonchev–Trinajstić information content (AvgIpc) is 3.32. The van der Waals surface area contributed by atoms with E-state index in [1.807, 2.05) is 45.5 Å². The van der Waals surface area contributed by atoms with E-state index in [0.29, 0.717) is 50.5 Å². The minimum absolute atomic E-state index is 0.0154. The number of hydrogen-bond acceptors (Lipinski definition) is 6. The smallest absolute Gasteiger partial charge is 0.254 e. The van der Waals surface area contributed by atoms with E-state index >= 15 is 0 Å². The van der Waals surface area contributed by atoms with Gasteiger partial charge in [-0.05, 0) is 29.6 Å². The van der Waals surface area contributed by atoms with Crippen molar-refractivity contribution < 1.29 is 19.1 Å². The molecule has 166 valence electrons. The highest BCUT2D eigenvalue weighted by atomic mass is 32.1. The molecule has 2 amide bonds. The Morgan fingerprint density at radius 3 is 2.68 bits per heavy atom. The number of nitrogens with zero attached hydrogens (tertiary/aromatic N) is 3. The van der Waals surface area contributed by atoms with Crippen molar-refractivity contribution in [1.29, 1.82) is 0 Å². The molecule has 3 heterocycles. The van der Waals surface area contributed by atoms with Crippen LogP contribution in [0, 0.1) is 0 Å². The molecule has 4 rings (SSSR count). The Morgan fingerprint density at radius 2 is 1.94 bits per heavy atom. The summed E-state index contributed by atoms with van der Waals surface area (Å²) < 4.78 is 11.2. The molecule has 2 fully saturated rings. The highest BCUT2D eigenvalue weighted by Gasteiger charge is 2.28. The number of benzene rings is 1. The van der Waals surface area contributed by atoms with Crippen molar-refractivity contribution in [1.82, 2.24) is 14.7 Å². The first-order chi connectivity index (χ1) is 15.1. The Balaban J connectivity index is 1.24. The van der Waals surface area contributed by atoms with Crippen molar-refractivity contribution in [3.8, 4) is 5.75 Å². The lowest BCUT2D eigenvalue weighted by Gasteiger charge is -2.39. The summed E-state index contributed by atoms with van der Waals surface area (Å²) >= 11 is 1.62. The van der Waals surface area contributed by atoms with Crippen LogP contribution < -0.4 is 4.74 Å². The summed E-state index contributed by atoms with van der Waals surface area (Å²) in [4.78, 5) is 32.7. The van der Waals surface area contributed by atoms with E-state index in [9.17, 15) is 9.59 Å². The minimum atomic E-state index is 0.0154. The van der Waals surface area contributed by atoms with E-state index < -0.39 is 0 Å². The average molecular weight is 444 g/mol. The summed E-state index contributed by atoms with van der Waals surface area (Å²) in [5.74, 6) is 0.902. The molecule has 1 atom stereocenters. The lowest BCUT2D eigenvalue weighted by Crippen LogP contribution is -2.54. The molecule has 2 aliphatic heterocycles. The van der Waals surface area contributed by atoms with Crippen molar-refractivity contribution in [2.75, 3.05) is 59.5 Å². The zero-order valence-corrected chi connectivity index (χ0v) is 18.7. The molecule has 2 aliphatic rings. The number of piperazine rings is 1. The molecule has 2 aromatic rings. The minimum Gasteiger partial charge on any atom is -0.497 e. The second-order valence-corrected chi connectivity index (χ2v) is 8.95. The van der Waals surface area contributed by atoms with Crippen LogP contribution >= 0.6 is 11.3 Å². The Labute approximate surface area is 187 Å². The second kappa shape index (κ2) is 10.3. The lowest BCUT2D eigenvalue weighted by atomic mass is 10.1. The highest BCUT2D eigenvalue weighted by molar-refractivity contribution is 7.10. The van der Waals surface area contributed by atoms with E-state index in [-0.39, 0.29) is 17.9 Å². The van der Waals surface area contributed by atoms with Crippen LogP contribution in [0.4, 0.5) is 0 Å². The maximum atomic E-state index is 12.8. The number of methoxy groups -OCH3 is 1. The SMILES string of the molecule is COc1cccc(C(=O)N2CCN(CC3CN(C(=O)Cc4cccs4)CCO3)CC2)c1. The third-order valence-electron chi connectivity index (χ3n) is 5.84. The summed E-state index contributed by atoms with van der Waals surface area (Å²) in [7, 11) is 1.60. The summed E-state index contributed by atoms with van der Waals surface area (Å²) in [6.07, 6.45) is 0.483. The Hall–Kier alpha value is -2.42. The number of amides is 2. The fraction of sp³-hybridized carbons (Fsp3) is 0.478. The molecule has 0 bridgehead atoms. The van der Waals surface area contributed by atoms with E-state index in [1.165, 1.54) is 0 Å². The summed E-state index contributed by atoms with van der Waals surface area (Å²) in [6.45, 7) is 5.63. The van der Waals surface area contributed by atoms with Crippen LogP contribution in [0.3, 0.4) is 0 Å². The number of morpholine rings is 1. The molecule has 1 aromatic carbocycles. The predicted molar refractivity (Wildman–Crippen MR) is 120 cm³/mol. The highest BCUT2D eigenvalue weighted by Crippen LogP contribution is 2.17. The third-order valence-corrected chi connectivity index (χ3v) is 6.71. The van der Waals surface area contributed by atoms with Gasteiger partial charge in [-0.3, -0.25) is 14.5 Å². The predicted octanol–water partition coefficient (Wildman–Crippen LogP) is 1.98. The van der Waals surface area contributed by atoms with Gasteiger partial charge in [0.2, 0.25) is 5.91 Å². The molecule has 1 aromatic heterocycles. The Morgan fingerprint density at radius 1 is 1.10 bits per heavy atom. The van der Waals surface area contributed by atoms with Gasteiger partial charge < -0.3 is 19.3 Å². The van der Waals surface area contributed by atoms with Crippen LogP contribution in [-0.4, -0.2) is 92.1 Å². The zero-order chi connectivity index (χ0) is 21.6. The van der Waals surface area contributed by atoms with Gasteiger partial charge in [0.25, 0.3) is 5.91 Å². The number of carbonyl (C=O) groups excluding carboxylic acids is 2. The van der Waals surface area contributed by atoms with Crippen LogP contribution in [0.1, 0.15) is 15.2 Å². The van der Waals surface area contributed by atoms with Crippen LogP contribution in [0.25, 0.3) is 0 Å². The van der Waals surface area contributed by atoms with Crippen molar-refractivity contribution in [2.24, 2.45) is 0 Å². The van der Waals surface area contributed by atoms with Crippen LogP contribution in [0.5, 0.6) is 5.75 Å². The van der Waals surface area contributed by atoms with Gasteiger partial charge >= 0.3 is 0 Å². The van der Waals surface area contributed by atoms with Crippen LogP contribution in [-0.2, 0) is 16.0 Å². The molecule has 31 heavy (non-hydrogen) atoms. The van der Waals surface area contributed by atoms with Crippen molar-refractivity contribution in [3.05, 3.63) is 52.2 Å². The van der Waals surface area contributed by atoms with Gasteiger partial charge in [0.05, 0.1) is 26.2 Å². The second-order valence-electron chi connectivity index (χ2n) is 7.91. The van der Waals surface area contributed by atoms with Crippen molar-refractivity contribution in [2.45, 2.75) is 12.5 Å². The molecule has 2 saturated heterocycles. The quantitative estimate of drug-likeness (QED) is 0.683. The van der Waals surface area contributed by atoms with Gasteiger partial charge in [-0.2, -0.15) is 0 Å². The Bertz CT molecular complexity index is 881. The normalized spacial score (nSPS) is 20.0. The third kappa shape index (κ3) is 5.64. The van der Waals surface area contributed by atoms with Crippen LogP contribution in [0.2, 0.25) is 0 Å². The van der Waals surface area contributed by atoms with Gasteiger partial charge in [-0.25, -0.2) is 0 Å². The van der Waals surface area contributed by atoms with Gasteiger partial charge in [0, 0.05) is 56.3 Å². The van der Waals surface area contributed by atoms with Gasteiger partial charge in [0.1, 0.15) is 5.75 Å². The van der Waals surface area contributed by atoms with Gasteiger partial charge in [-0.1, -0.05) is 12.1 Å². The largest absolute Gasteiger partial charge is 0.497 e. The lowest BCUT2D eigenvalue weighted by molar-refractivity contribution is -0.138. The topological polar surface area (TPSA) is 62.3 Å². The summed E-state index contributed by atoms with van der Waals surface area (Å²) in [5, 5.41) is 2.00. The van der Waals surface area contributed by atoms with E-state index in [4.69, 9.17) is 9.47 Å². The number of ether oxygens (including phenoxy) is 2.